The van der Waals surface area contributed by atoms with Gasteiger partial charge in [-0.2, -0.15) is 0 Å². The number of nitrogens with zero attached hydrogens (tertiary/aromatic N) is 1. The lowest BCUT2D eigenvalue weighted by molar-refractivity contribution is -0.148. The molecule has 1 aromatic carbocycles. The number of ether oxygens (including phenoxy) is 1. The van der Waals surface area contributed by atoms with E-state index in [0.29, 0.717) is 12.6 Å². The molecule has 0 spiro atoms. The molecule has 1 aromatic rings. The van der Waals surface area contributed by atoms with Gasteiger partial charge in [0.15, 0.2) is 5.54 Å². The summed E-state index contributed by atoms with van der Waals surface area (Å²) in [6.45, 7) is 3.63. The summed E-state index contributed by atoms with van der Waals surface area (Å²) >= 11 is 0. The zero-order chi connectivity index (χ0) is 14.6. The zero-order valence-electron chi connectivity index (χ0n) is 12.3. The summed E-state index contributed by atoms with van der Waals surface area (Å²) in [5.41, 5.74) is 6.18. The summed E-state index contributed by atoms with van der Waals surface area (Å²) in [5.74, 6) is -0.370. The van der Waals surface area contributed by atoms with Crippen LogP contribution in [0, 0.1) is 0 Å². The monoisotopic (exact) mass is 276 g/mol. The van der Waals surface area contributed by atoms with Gasteiger partial charge in [-0.15, -0.1) is 0 Å². The number of carbonyl (C=O) groups is 1. The fraction of sp³-hybridized carbons (Fsp3) is 0.562. The molecule has 2 N–H and O–H groups in total. The Hall–Kier alpha value is -1.39. The van der Waals surface area contributed by atoms with Crippen LogP contribution in [0.3, 0.4) is 0 Å². The molecule has 0 heterocycles. The number of methoxy groups -OCH3 is 1. The lowest BCUT2D eigenvalue weighted by Gasteiger charge is -2.33. The second kappa shape index (κ2) is 6.37. The van der Waals surface area contributed by atoms with Crippen LogP contribution >= 0.6 is 0 Å². The molecule has 1 unspecified atom stereocenters. The van der Waals surface area contributed by atoms with Crippen LogP contribution in [0.4, 0.5) is 0 Å². The highest BCUT2D eigenvalue weighted by molar-refractivity contribution is 5.82. The van der Waals surface area contributed by atoms with E-state index in [2.05, 4.69) is 11.8 Å². The van der Waals surface area contributed by atoms with E-state index in [4.69, 9.17) is 10.5 Å². The van der Waals surface area contributed by atoms with Crippen molar-refractivity contribution in [2.24, 2.45) is 5.73 Å². The van der Waals surface area contributed by atoms with Crippen molar-refractivity contribution in [1.29, 1.82) is 0 Å². The highest BCUT2D eigenvalue weighted by Gasteiger charge is 2.42. The van der Waals surface area contributed by atoms with Crippen molar-refractivity contribution < 1.29 is 9.53 Å². The van der Waals surface area contributed by atoms with Gasteiger partial charge in [-0.3, -0.25) is 4.90 Å². The Morgan fingerprint density at radius 1 is 1.40 bits per heavy atom. The minimum Gasteiger partial charge on any atom is -0.467 e. The fourth-order valence-corrected chi connectivity index (χ4v) is 2.63. The molecule has 0 aliphatic heterocycles. The Morgan fingerprint density at radius 3 is 2.55 bits per heavy atom. The van der Waals surface area contributed by atoms with Crippen LogP contribution in [-0.2, 0) is 15.1 Å². The highest BCUT2D eigenvalue weighted by Crippen LogP contribution is 2.30. The Balaban J connectivity index is 2.24. The summed E-state index contributed by atoms with van der Waals surface area (Å²) in [4.78, 5) is 14.6. The number of rotatable bonds is 7. The molecule has 0 saturated heterocycles. The van der Waals surface area contributed by atoms with Gasteiger partial charge in [0.25, 0.3) is 0 Å². The standard InChI is InChI=1S/C16H24N2O2/c1-3-11-18(14-9-10-14)12-16(17,15(19)20-2)13-7-5-4-6-8-13/h4-8,14H,3,9-12,17H2,1-2H3. The van der Waals surface area contributed by atoms with Crippen molar-refractivity contribution in [2.75, 3.05) is 20.2 Å². The largest absolute Gasteiger partial charge is 0.467 e. The molecule has 4 heteroatoms. The second-order valence-electron chi connectivity index (χ2n) is 5.53. The van der Waals surface area contributed by atoms with Gasteiger partial charge in [-0.25, -0.2) is 4.79 Å². The van der Waals surface area contributed by atoms with E-state index < -0.39 is 5.54 Å². The van der Waals surface area contributed by atoms with E-state index >= 15 is 0 Å². The molecule has 1 atom stereocenters. The van der Waals surface area contributed by atoms with E-state index in [1.165, 1.54) is 20.0 Å². The summed E-state index contributed by atoms with van der Waals surface area (Å²) in [7, 11) is 1.40. The molecule has 1 aliphatic carbocycles. The number of benzene rings is 1. The van der Waals surface area contributed by atoms with Crippen LogP contribution in [0.5, 0.6) is 0 Å². The van der Waals surface area contributed by atoms with Crippen LogP contribution in [0.15, 0.2) is 30.3 Å². The molecule has 1 aliphatic rings. The maximum Gasteiger partial charge on any atom is 0.331 e. The number of nitrogens with two attached hydrogens (primary N) is 1. The summed E-state index contributed by atoms with van der Waals surface area (Å²) < 4.78 is 4.96. The van der Waals surface area contributed by atoms with Crippen LogP contribution in [-0.4, -0.2) is 37.1 Å². The molecule has 1 fully saturated rings. The Labute approximate surface area is 120 Å². The topological polar surface area (TPSA) is 55.6 Å². The first-order valence-electron chi connectivity index (χ1n) is 7.28. The SMILES string of the molecule is CCCN(CC(N)(C(=O)OC)c1ccccc1)C1CC1. The van der Waals surface area contributed by atoms with Gasteiger partial charge in [-0.05, 0) is 31.4 Å². The van der Waals surface area contributed by atoms with Gasteiger partial charge in [0, 0.05) is 12.6 Å². The maximum absolute atomic E-state index is 12.2. The Morgan fingerprint density at radius 2 is 2.05 bits per heavy atom. The van der Waals surface area contributed by atoms with E-state index in [-0.39, 0.29) is 5.97 Å². The van der Waals surface area contributed by atoms with E-state index in [1.807, 2.05) is 30.3 Å². The predicted molar refractivity (Wildman–Crippen MR) is 79.2 cm³/mol. The normalized spacial score (nSPS) is 17.8. The average Bonchev–Trinajstić information content (AvgIpc) is 3.31. The first-order valence-corrected chi connectivity index (χ1v) is 7.28. The van der Waals surface area contributed by atoms with Crippen molar-refractivity contribution in [3.63, 3.8) is 0 Å². The van der Waals surface area contributed by atoms with Gasteiger partial charge < -0.3 is 10.5 Å². The van der Waals surface area contributed by atoms with Gasteiger partial charge in [0.2, 0.25) is 0 Å². The molecule has 4 nitrogen and oxygen atoms in total. The van der Waals surface area contributed by atoms with Crippen LogP contribution in [0.25, 0.3) is 0 Å². The average molecular weight is 276 g/mol. The smallest absolute Gasteiger partial charge is 0.331 e. The molecule has 20 heavy (non-hydrogen) atoms. The molecule has 110 valence electrons. The molecule has 0 aromatic heterocycles. The minimum atomic E-state index is -1.09. The summed E-state index contributed by atoms with van der Waals surface area (Å²) in [6, 6.07) is 10.1. The number of hydrogen-bond donors (Lipinski definition) is 1. The Bertz CT molecular complexity index is 445. The third kappa shape index (κ3) is 3.19. The third-order valence-electron chi connectivity index (χ3n) is 3.87. The molecule has 1 saturated carbocycles. The van der Waals surface area contributed by atoms with Crippen molar-refractivity contribution in [3.05, 3.63) is 35.9 Å². The summed E-state index contributed by atoms with van der Waals surface area (Å²) in [6.07, 6.45) is 3.46. The number of hydrogen-bond acceptors (Lipinski definition) is 4. The van der Waals surface area contributed by atoms with Crippen molar-refractivity contribution in [1.82, 2.24) is 4.90 Å². The highest BCUT2D eigenvalue weighted by atomic mass is 16.5. The van der Waals surface area contributed by atoms with Crippen LogP contribution < -0.4 is 5.73 Å². The quantitative estimate of drug-likeness (QED) is 0.773. The summed E-state index contributed by atoms with van der Waals surface area (Å²) in [5, 5.41) is 0. The second-order valence-corrected chi connectivity index (χ2v) is 5.53. The molecular weight excluding hydrogens is 252 g/mol. The number of carbonyl (C=O) groups excluding carboxylic acids is 1. The van der Waals surface area contributed by atoms with E-state index in [1.54, 1.807) is 0 Å². The molecule has 0 amide bonds. The van der Waals surface area contributed by atoms with Gasteiger partial charge in [-0.1, -0.05) is 37.3 Å². The number of esters is 1. The van der Waals surface area contributed by atoms with Gasteiger partial charge >= 0.3 is 5.97 Å². The van der Waals surface area contributed by atoms with Crippen LogP contribution in [0.1, 0.15) is 31.7 Å². The molecule has 0 radical (unpaired) electrons. The molecular formula is C16H24N2O2. The third-order valence-corrected chi connectivity index (χ3v) is 3.87. The lowest BCUT2D eigenvalue weighted by atomic mass is 9.90. The first kappa shape index (κ1) is 15.0. The first-order chi connectivity index (χ1) is 9.61. The van der Waals surface area contributed by atoms with Gasteiger partial charge in [0.05, 0.1) is 7.11 Å². The van der Waals surface area contributed by atoms with E-state index in [0.717, 1.165) is 18.5 Å². The predicted octanol–water partition coefficient (Wildman–Crippen LogP) is 1.89. The van der Waals surface area contributed by atoms with Crippen LogP contribution in [0.2, 0.25) is 0 Å². The molecule has 2 rings (SSSR count). The lowest BCUT2D eigenvalue weighted by Crippen LogP contribution is -2.54. The van der Waals surface area contributed by atoms with Crippen molar-refractivity contribution in [2.45, 2.75) is 37.8 Å². The minimum absolute atomic E-state index is 0.370. The van der Waals surface area contributed by atoms with Gasteiger partial charge in [0.1, 0.15) is 0 Å². The maximum atomic E-state index is 12.2. The van der Waals surface area contributed by atoms with E-state index in [9.17, 15) is 4.79 Å². The fourth-order valence-electron chi connectivity index (χ4n) is 2.63. The zero-order valence-corrected chi connectivity index (χ0v) is 12.3. The van der Waals surface area contributed by atoms with Crippen molar-refractivity contribution in [3.8, 4) is 0 Å². The van der Waals surface area contributed by atoms with Crippen molar-refractivity contribution >= 4 is 5.97 Å². The molecule has 0 bridgehead atoms. The Kier molecular flexibility index (Phi) is 4.78.